The van der Waals surface area contributed by atoms with Crippen molar-refractivity contribution >= 4 is 11.8 Å². The second-order valence-electron chi connectivity index (χ2n) is 4.31. The van der Waals surface area contributed by atoms with Crippen LogP contribution in [0.2, 0.25) is 0 Å². The van der Waals surface area contributed by atoms with Gasteiger partial charge in [0.2, 0.25) is 0 Å². The van der Waals surface area contributed by atoms with E-state index >= 15 is 0 Å². The summed E-state index contributed by atoms with van der Waals surface area (Å²) in [4.78, 5) is 26.9. The molecule has 0 unspecified atom stereocenters. The number of piperidine rings is 1. The molecule has 0 saturated carbocycles. The summed E-state index contributed by atoms with van der Waals surface area (Å²) in [5.74, 6) is -0.916. The molecule has 5 heteroatoms. The molecule has 1 saturated heterocycles. The third-order valence-electron chi connectivity index (χ3n) is 3.09. The smallest absolute Gasteiger partial charge is 0.311 e. The van der Waals surface area contributed by atoms with Gasteiger partial charge in [-0.25, -0.2) is 0 Å². The Morgan fingerprint density at radius 1 is 1.38 bits per heavy atom. The maximum atomic E-state index is 11.7. The van der Waals surface area contributed by atoms with Gasteiger partial charge in [0.1, 0.15) is 0 Å². The molecular weight excluding hydrogens is 206 g/mol. The zero-order valence-corrected chi connectivity index (χ0v) is 10.3. The van der Waals surface area contributed by atoms with E-state index in [1.807, 2.05) is 0 Å². The summed E-state index contributed by atoms with van der Waals surface area (Å²) < 4.78 is 0. The fourth-order valence-corrected chi connectivity index (χ4v) is 1.94. The molecule has 1 aliphatic rings. The molecule has 0 spiro atoms. The van der Waals surface area contributed by atoms with E-state index in [0.717, 1.165) is 25.9 Å². The van der Waals surface area contributed by atoms with Gasteiger partial charge in [-0.1, -0.05) is 0 Å². The predicted octanol–water partition coefficient (Wildman–Crippen LogP) is -0.325. The van der Waals surface area contributed by atoms with Crippen molar-refractivity contribution in [2.45, 2.75) is 25.8 Å². The van der Waals surface area contributed by atoms with Crippen molar-refractivity contribution in [3.8, 4) is 0 Å². The quantitative estimate of drug-likeness (QED) is 0.658. The van der Waals surface area contributed by atoms with Crippen molar-refractivity contribution in [3.63, 3.8) is 0 Å². The van der Waals surface area contributed by atoms with Crippen LogP contribution >= 0.6 is 0 Å². The normalized spacial score (nSPS) is 18.2. The van der Waals surface area contributed by atoms with Crippen LogP contribution in [0.25, 0.3) is 0 Å². The molecule has 92 valence electrons. The van der Waals surface area contributed by atoms with Gasteiger partial charge in [-0.3, -0.25) is 9.59 Å². The Hall–Kier alpha value is -1.10. The molecule has 2 amide bonds. The monoisotopic (exact) mass is 227 g/mol. The Labute approximate surface area is 96.8 Å². The summed E-state index contributed by atoms with van der Waals surface area (Å²) in [6.07, 6.45) is 1.89. The summed E-state index contributed by atoms with van der Waals surface area (Å²) in [7, 11) is 3.79. The minimum absolute atomic E-state index is 0.200. The summed E-state index contributed by atoms with van der Waals surface area (Å²) in [6, 6.07) is 0.200. The van der Waals surface area contributed by atoms with E-state index in [1.54, 1.807) is 18.9 Å². The first kappa shape index (κ1) is 13.0. The van der Waals surface area contributed by atoms with Crippen molar-refractivity contribution in [2.75, 3.05) is 33.7 Å². The van der Waals surface area contributed by atoms with E-state index in [9.17, 15) is 9.59 Å². The van der Waals surface area contributed by atoms with E-state index in [2.05, 4.69) is 17.3 Å². The number of carbonyl (C=O) groups is 2. The maximum Gasteiger partial charge on any atom is 0.311 e. The molecule has 0 aromatic rings. The number of nitrogens with one attached hydrogen (secondary N) is 1. The molecule has 1 rings (SSSR count). The van der Waals surface area contributed by atoms with Gasteiger partial charge < -0.3 is 15.1 Å². The first-order chi connectivity index (χ1) is 7.56. The summed E-state index contributed by atoms with van der Waals surface area (Å²) in [5.41, 5.74) is 0. The molecule has 1 fully saturated rings. The SMILES string of the molecule is CCNC(=O)C(=O)N(C)C1CCN(C)CC1. The van der Waals surface area contributed by atoms with Gasteiger partial charge >= 0.3 is 11.8 Å². The van der Waals surface area contributed by atoms with Gasteiger partial charge in [0.15, 0.2) is 0 Å². The first-order valence-electron chi connectivity index (χ1n) is 5.79. The molecule has 5 nitrogen and oxygen atoms in total. The summed E-state index contributed by atoms with van der Waals surface area (Å²) in [5, 5.41) is 2.53. The molecule has 0 radical (unpaired) electrons. The largest absolute Gasteiger partial charge is 0.348 e. The summed E-state index contributed by atoms with van der Waals surface area (Å²) >= 11 is 0. The topological polar surface area (TPSA) is 52.7 Å². The standard InChI is InChI=1S/C11H21N3O2/c1-4-12-10(15)11(16)14(3)9-5-7-13(2)8-6-9/h9H,4-8H2,1-3H3,(H,12,15). The first-order valence-corrected chi connectivity index (χ1v) is 5.79. The maximum absolute atomic E-state index is 11.7. The Morgan fingerprint density at radius 2 is 1.94 bits per heavy atom. The van der Waals surface area contributed by atoms with E-state index in [0.29, 0.717) is 6.54 Å². The van der Waals surface area contributed by atoms with Gasteiger partial charge in [0.05, 0.1) is 0 Å². The highest BCUT2D eigenvalue weighted by Gasteiger charge is 2.27. The lowest BCUT2D eigenvalue weighted by molar-refractivity contribution is -0.146. The highest BCUT2D eigenvalue weighted by atomic mass is 16.2. The third-order valence-corrected chi connectivity index (χ3v) is 3.09. The van der Waals surface area contributed by atoms with Crippen molar-refractivity contribution in [1.29, 1.82) is 0 Å². The highest BCUT2D eigenvalue weighted by molar-refractivity contribution is 6.34. The van der Waals surface area contributed by atoms with Crippen LogP contribution in [0.1, 0.15) is 19.8 Å². The Balaban J connectivity index is 2.47. The Morgan fingerprint density at radius 3 is 2.44 bits per heavy atom. The molecule has 0 atom stereocenters. The number of likely N-dealkylation sites (tertiary alicyclic amines) is 1. The van der Waals surface area contributed by atoms with Crippen molar-refractivity contribution in [2.24, 2.45) is 0 Å². The summed E-state index contributed by atoms with van der Waals surface area (Å²) in [6.45, 7) is 4.27. The van der Waals surface area contributed by atoms with E-state index in [4.69, 9.17) is 0 Å². The zero-order valence-electron chi connectivity index (χ0n) is 10.3. The number of likely N-dealkylation sites (N-methyl/N-ethyl adjacent to an activating group) is 2. The molecule has 16 heavy (non-hydrogen) atoms. The number of amides is 2. The fraction of sp³-hybridized carbons (Fsp3) is 0.818. The number of rotatable bonds is 2. The van der Waals surface area contributed by atoms with Crippen LogP contribution in [0, 0.1) is 0 Å². The Kier molecular flexibility index (Phi) is 4.73. The van der Waals surface area contributed by atoms with Gasteiger partial charge in [0, 0.05) is 19.6 Å². The van der Waals surface area contributed by atoms with Crippen LogP contribution in [0.3, 0.4) is 0 Å². The molecule has 1 N–H and O–H groups in total. The number of nitrogens with zero attached hydrogens (tertiary/aromatic N) is 2. The minimum atomic E-state index is -0.496. The second kappa shape index (κ2) is 5.84. The van der Waals surface area contributed by atoms with Crippen LogP contribution in [0.15, 0.2) is 0 Å². The average Bonchev–Trinajstić information content (AvgIpc) is 2.28. The Bertz CT molecular complexity index is 260. The van der Waals surface area contributed by atoms with E-state index in [1.165, 1.54) is 0 Å². The lowest BCUT2D eigenvalue weighted by Gasteiger charge is -2.34. The molecule has 0 bridgehead atoms. The fourth-order valence-electron chi connectivity index (χ4n) is 1.94. The number of hydrogen-bond donors (Lipinski definition) is 1. The zero-order chi connectivity index (χ0) is 12.1. The third kappa shape index (κ3) is 3.20. The van der Waals surface area contributed by atoms with Gasteiger partial charge in [0.25, 0.3) is 0 Å². The molecule has 0 aromatic heterocycles. The van der Waals surface area contributed by atoms with Crippen LogP contribution in [-0.2, 0) is 9.59 Å². The molecular formula is C11H21N3O2. The molecule has 0 aromatic carbocycles. The highest BCUT2D eigenvalue weighted by Crippen LogP contribution is 2.13. The minimum Gasteiger partial charge on any atom is -0.348 e. The van der Waals surface area contributed by atoms with Gasteiger partial charge in [-0.15, -0.1) is 0 Å². The van der Waals surface area contributed by atoms with E-state index < -0.39 is 11.8 Å². The predicted molar refractivity (Wildman–Crippen MR) is 62.0 cm³/mol. The van der Waals surface area contributed by atoms with E-state index in [-0.39, 0.29) is 6.04 Å². The van der Waals surface area contributed by atoms with Crippen molar-refractivity contribution in [3.05, 3.63) is 0 Å². The lowest BCUT2D eigenvalue weighted by Crippen LogP contribution is -2.49. The van der Waals surface area contributed by atoms with Crippen LogP contribution in [-0.4, -0.2) is 61.4 Å². The molecule has 1 aliphatic heterocycles. The van der Waals surface area contributed by atoms with Crippen molar-refractivity contribution < 1.29 is 9.59 Å². The molecule has 0 aliphatic carbocycles. The van der Waals surface area contributed by atoms with Gasteiger partial charge in [-0.2, -0.15) is 0 Å². The second-order valence-corrected chi connectivity index (χ2v) is 4.31. The number of hydrogen-bond acceptors (Lipinski definition) is 3. The average molecular weight is 227 g/mol. The lowest BCUT2D eigenvalue weighted by atomic mass is 10.0. The van der Waals surface area contributed by atoms with Crippen LogP contribution < -0.4 is 5.32 Å². The molecule has 1 heterocycles. The van der Waals surface area contributed by atoms with Gasteiger partial charge in [-0.05, 0) is 39.9 Å². The van der Waals surface area contributed by atoms with Crippen LogP contribution in [0.4, 0.5) is 0 Å². The number of carbonyl (C=O) groups excluding carboxylic acids is 2. The van der Waals surface area contributed by atoms with Crippen LogP contribution in [0.5, 0.6) is 0 Å². The van der Waals surface area contributed by atoms with Crippen molar-refractivity contribution in [1.82, 2.24) is 15.1 Å².